The highest BCUT2D eigenvalue weighted by Crippen LogP contribution is 2.45. The smallest absolute Gasteiger partial charge is 0.220 e. The molecule has 2 atom stereocenters. The van der Waals surface area contributed by atoms with Crippen LogP contribution >= 0.6 is 0 Å². The lowest BCUT2D eigenvalue weighted by atomic mass is 10.1. The number of aromatic nitrogens is 2. The quantitative estimate of drug-likeness (QED) is 0.893. The maximum absolute atomic E-state index is 11.6. The molecule has 1 aliphatic carbocycles. The van der Waals surface area contributed by atoms with Crippen LogP contribution in [0.2, 0.25) is 0 Å². The molecule has 1 fully saturated rings. The molecular formula is C15H14N2O2. The molecule has 4 nitrogen and oxygen atoms in total. The number of hydrogen-bond donors (Lipinski definition) is 1. The normalized spacial score (nSPS) is 21.1. The predicted molar refractivity (Wildman–Crippen MR) is 71.9 cm³/mol. The van der Waals surface area contributed by atoms with Gasteiger partial charge in [-0.3, -0.25) is 4.79 Å². The molecule has 96 valence electrons. The molecule has 0 amide bonds. The van der Waals surface area contributed by atoms with Crippen molar-refractivity contribution >= 4 is 0 Å². The van der Waals surface area contributed by atoms with Gasteiger partial charge in [-0.25, -0.2) is 9.97 Å². The van der Waals surface area contributed by atoms with E-state index in [9.17, 15) is 9.90 Å². The molecular weight excluding hydrogens is 240 g/mol. The summed E-state index contributed by atoms with van der Waals surface area (Å²) in [7, 11) is 0. The van der Waals surface area contributed by atoms with E-state index in [-0.39, 0.29) is 5.75 Å². The van der Waals surface area contributed by atoms with Gasteiger partial charge in [0.15, 0.2) is 5.75 Å². The summed E-state index contributed by atoms with van der Waals surface area (Å²) in [5.74, 6) is 1.78. The van der Waals surface area contributed by atoms with Crippen molar-refractivity contribution in [1.29, 1.82) is 0 Å². The number of nitrogens with zero attached hydrogens (tertiary/aromatic N) is 2. The Labute approximate surface area is 110 Å². The van der Waals surface area contributed by atoms with Crippen molar-refractivity contribution in [2.75, 3.05) is 0 Å². The molecule has 1 aliphatic rings. The fourth-order valence-electron chi connectivity index (χ4n) is 2.13. The first kappa shape index (κ1) is 11.8. The predicted octanol–water partition coefficient (Wildman–Crippen LogP) is 2.33. The van der Waals surface area contributed by atoms with Crippen LogP contribution in [0.3, 0.4) is 0 Å². The van der Waals surface area contributed by atoms with E-state index < -0.39 is 5.43 Å². The molecule has 0 spiro atoms. The Balaban J connectivity index is 1.96. The van der Waals surface area contributed by atoms with E-state index in [2.05, 4.69) is 16.9 Å². The minimum Gasteiger partial charge on any atom is -0.504 e. The van der Waals surface area contributed by atoms with E-state index in [4.69, 9.17) is 0 Å². The molecule has 0 saturated heterocycles. The molecule has 0 aliphatic heterocycles. The van der Waals surface area contributed by atoms with Crippen LogP contribution < -0.4 is 5.43 Å². The lowest BCUT2D eigenvalue weighted by Crippen LogP contribution is -1.96. The van der Waals surface area contributed by atoms with E-state index in [1.54, 1.807) is 24.5 Å². The zero-order valence-corrected chi connectivity index (χ0v) is 10.6. The zero-order valence-electron chi connectivity index (χ0n) is 10.6. The molecule has 1 saturated carbocycles. The monoisotopic (exact) mass is 254 g/mol. The molecule has 19 heavy (non-hydrogen) atoms. The third-order valence-corrected chi connectivity index (χ3v) is 3.52. The van der Waals surface area contributed by atoms with Crippen molar-refractivity contribution in [3.8, 4) is 16.9 Å². The first-order valence-corrected chi connectivity index (χ1v) is 6.31. The van der Waals surface area contributed by atoms with Gasteiger partial charge in [-0.05, 0) is 30.0 Å². The molecule has 2 aromatic rings. The fourth-order valence-corrected chi connectivity index (χ4v) is 2.13. The molecule has 3 rings (SSSR count). The van der Waals surface area contributed by atoms with Crippen molar-refractivity contribution in [3.05, 3.63) is 52.7 Å². The minimum absolute atomic E-state index is 0.254. The Kier molecular flexibility index (Phi) is 2.78. The van der Waals surface area contributed by atoms with Gasteiger partial charge in [-0.1, -0.05) is 19.1 Å². The number of rotatable bonds is 2. The molecule has 1 heterocycles. The molecule has 0 bridgehead atoms. The van der Waals surface area contributed by atoms with Crippen LogP contribution in [-0.4, -0.2) is 15.1 Å². The Morgan fingerprint density at radius 2 is 1.89 bits per heavy atom. The Morgan fingerprint density at radius 3 is 2.53 bits per heavy atom. The SMILES string of the molecule is CC1CC1c1ncc(-c2cccc(O)c(=O)c2)cn1. The van der Waals surface area contributed by atoms with Gasteiger partial charge >= 0.3 is 0 Å². The molecule has 1 N–H and O–H groups in total. The standard InChI is InChI=1S/C15H14N2O2/c1-9-5-12(9)15-16-7-11(8-17-15)10-3-2-4-13(18)14(19)6-10/h2-4,6-9,12H,5H2,1H3,(H,18,19). The summed E-state index contributed by atoms with van der Waals surface area (Å²) in [5.41, 5.74) is 1.09. The van der Waals surface area contributed by atoms with Crippen LogP contribution in [0.1, 0.15) is 25.1 Å². The van der Waals surface area contributed by atoms with E-state index in [1.807, 2.05) is 0 Å². The highest BCUT2D eigenvalue weighted by molar-refractivity contribution is 5.61. The first-order chi connectivity index (χ1) is 9.15. The lowest BCUT2D eigenvalue weighted by Gasteiger charge is -2.00. The van der Waals surface area contributed by atoms with Gasteiger partial charge in [0.05, 0.1) is 0 Å². The van der Waals surface area contributed by atoms with E-state index in [0.29, 0.717) is 17.4 Å². The highest BCUT2D eigenvalue weighted by atomic mass is 16.3. The summed E-state index contributed by atoms with van der Waals surface area (Å²) in [6, 6.07) is 6.18. The summed E-state index contributed by atoms with van der Waals surface area (Å²) in [6.45, 7) is 2.19. The average molecular weight is 254 g/mol. The second-order valence-corrected chi connectivity index (χ2v) is 5.02. The molecule has 4 heteroatoms. The van der Waals surface area contributed by atoms with Crippen molar-refractivity contribution in [1.82, 2.24) is 9.97 Å². The van der Waals surface area contributed by atoms with Crippen LogP contribution in [0.4, 0.5) is 0 Å². The Hall–Kier alpha value is -2.23. The van der Waals surface area contributed by atoms with Gasteiger partial charge in [-0.15, -0.1) is 0 Å². The maximum Gasteiger partial charge on any atom is 0.220 e. The molecule has 2 unspecified atom stereocenters. The molecule has 1 aromatic heterocycles. The second-order valence-electron chi connectivity index (χ2n) is 5.02. The topological polar surface area (TPSA) is 63.1 Å². The van der Waals surface area contributed by atoms with Crippen molar-refractivity contribution in [3.63, 3.8) is 0 Å². The maximum atomic E-state index is 11.6. The van der Waals surface area contributed by atoms with Crippen molar-refractivity contribution in [2.45, 2.75) is 19.3 Å². The highest BCUT2D eigenvalue weighted by Gasteiger charge is 2.36. The zero-order chi connectivity index (χ0) is 13.4. The third-order valence-electron chi connectivity index (χ3n) is 3.52. The largest absolute Gasteiger partial charge is 0.504 e. The summed E-state index contributed by atoms with van der Waals surface area (Å²) < 4.78 is 0. The van der Waals surface area contributed by atoms with Crippen molar-refractivity contribution < 1.29 is 5.11 Å². The summed E-state index contributed by atoms with van der Waals surface area (Å²) in [4.78, 5) is 20.3. The first-order valence-electron chi connectivity index (χ1n) is 6.31. The van der Waals surface area contributed by atoms with Crippen LogP contribution in [0.5, 0.6) is 5.75 Å². The van der Waals surface area contributed by atoms with Gasteiger partial charge in [0.25, 0.3) is 0 Å². The Morgan fingerprint density at radius 1 is 1.21 bits per heavy atom. The van der Waals surface area contributed by atoms with Crippen LogP contribution in [0.15, 0.2) is 41.5 Å². The fraction of sp³-hybridized carbons (Fsp3) is 0.267. The van der Waals surface area contributed by atoms with Crippen LogP contribution in [0.25, 0.3) is 11.1 Å². The summed E-state index contributed by atoms with van der Waals surface area (Å²) in [5, 5.41) is 9.36. The molecule has 0 radical (unpaired) electrons. The van der Waals surface area contributed by atoms with Crippen LogP contribution in [0, 0.1) is 5.92 Å². The lowest BCUT2D eigenvalue weighted by molar-refractivity contribution is 0.471. The van der Waals surface area contributed by atoms with E-state index in [0.717, 1.165) is 17.8 Å². The number of hydrogen-bond acceptors (Lipinski definition) is 4. The van der Waals surface area contributed by atoms with Gasteiger partial charge in [0.1, 0.15) is 5.82 Å². The average Bonchev–Trinajstić information content (AvgIpc) is 3.16. The van der Waals surface area contributed by atoms with Crippen molar-refractivity contribution in [2.24, 2.45) is 5.92 Å². The van der Waals surface area contributed by atoms with Gasteiger partial charge in [-0.2, -0.15) is 0 Å². The minimum atomic E-state index is -0.403. The summed E-state index contributed by atoms with van der Waals surface area (Å²) in [6.07, 6.45) is 4.62. The summed E-state index contributed by atoms with van der Waals surface area (Å²) >= 11 is 0. The Bertz CT molecular complexity index is 668. The molecule has 1 aromatic carbocycles. The van der Waals surface area contributed by atoms with Gasteiger partial charge in [0.2, 0.25) is 5.43 Å². The van der Waals surface area contributed by atoms with Gasteiger partial charge < -0.3 is 5.11 Å². The van der Waals surface area contributed by atoms with Gasteiger partial charge in [0, 0.05) is 23.9 Å². The second kappa shape index (κ2) is 4.46. The van der Waals surface area contributed by atoms with E-state index >= 15 is 0 Å². The number of aromatic hydroxyl groups is 1. The van der Waals surface area contributed by atoms with E-state index in [1.165, 1.54) is 12.1 Å². The van der Waals surface area contributed by atoms with Crippen LogP contribution in [-0.2, 0) is 0 Å². The third kappa shape index (κ3) is 2.34.